The number of hydrogen-bond donors (Lipinski definition) is 2. The molecule has 2 unspecified atom stereocenters. The van der Waals surface area contributed by atoms with E-state index in [4.69, 9.17) is 10.5 Å². The normalized spacial score (nSPS) is 20.1. The predicted octanol–water partition coefficient (Wildman–Crippen LogP) is 2.47. The highest BCUT2D eigenvalue weighted by molar-refractivity contribution is 7.99. The number of nitrogens with two attached hydrogens (primary N) is 1. The van der Waals surface area contributed by atoms with Gasteiger partial charge in [-0.2, -0.15) is 0 Å². The summed E-state index contributed by atoms with van der Waals surface area (Å²) >= 11 is 1.44. The second-order valence-corrected chi connectivity index (χ2v) is 7.20. The maximum atomic E-state index is 12.1. The molecule has 1 aromatic rings. The van der Waals surface area contributed by atoms with Gasteiger partial charge >= 0.3 is 5.69 Å². The van der Waals surface area contributed by atoms with Gasteiger partial charge in [-0.3, -0.25) is 14.9 Å². The van der Waals surface area contributed by atoms with E-state index in [2.05, 4.69) is 5.32 Å². The summed E-state index contributed by atoms with van der Waals surface area (Å²) in [5, 5.41) is 14.1. The van der Waals surface area contributed by atoms with Gasteiger partial charge in [0.25, 0.3) is 0 Å². The number of hydrogen-bond acceptors (Lipinski definition) is 6. The quantitative estimate of drug-likeness (QED) is 0.540. The molecule has 7 nitrogen and oxygen atoms in total. The Labute approximate surface area is 151 Å². The number of methoxy groups -OCH3 is 1. The van der Waals surface area contributed by atoms with E-state index in [1.54, 1.807) is 12.1 Å². The number of rotatable bonds is 8. The number of carbonyl (C=O) groups excluding carboxylic acids is 1. The Morgan fingerprint density at radius 2 is 2.20 bits per heavy atom. The van der Waals surface area contributed by atoms with Gasteiger partial charge in [0.2, 0.25) is 5.91 Å². The van der Waals surface area contributed by atoms with Gasteiger partial charge in [0.1, 0.15) is 0 Å². The van der Waals surface area contributed by atoms with Crippen LogP contribution in [0.5, 0.6) is 5.75 Å². The van der Waals surface area contributed by atoms with Crippen LogP contribution >= 0.6 is 11.8 Å². The van der Waals surface area contributed by atoms with E-state index in [9.17, 15) is 14.9 Å². The molecular formula is C17H25N3O4S. The summed E-state index contributed by atoms with van der Waals surface area (Å²) in [5.74, 6) is 1.46. The minimum atomic E-state index is -0.463. The highest BCUT2D eigenvalue weighted by atomic mass is 32.2. The summed E-state index contributed by atoms with van der Waals surface area (Å²) in [7, 11) is 1.40. The molecule has 138 valence electrons. The molecule has 2 atom stereocenters. The van der Waals surface area contributed by atoms with E-state index in [1.807, 2.05) is 0 Å². The third-order valence-electron chi connectivity index (χ3n) is 4.50. The molecule has 0 radical (unpaired) electrons. The Hall–Kier alpha value is -1.80. The fraction of sp³-hybridized carbons (Fsp3) is 0.588. The number of nitro groups is 1. The van der Waals surface area contributed by atoms with Crippen LogP contribution < -0.4 is 15.8 Å². The van der Waals surface area contributed by atoms with E-state index in [1.165, 1.54) is 31.4 Å². The molecule has 1 fully saturated rings. The van der Waals surface area contributed by atoms with Crippen molar-refractivity contribution >= 4 is 23.4 Å². The summed E-state index contributed by atoms with van der Waals surface area (Å²) in [6, 6.07) is 5.04. The predicted molar refractivity (Wildman–Crippen MR) is 98.8 cm³/mol. The number of benzene rings is 1. The molecule has 2 rings (SSSR count). The molecule has 1 aromatic carbocycles. The first-order valence-electron chi connectivity index (χ1n) is 8.43. The van der Waals surface area contributed by atoms with Crippen molar-refractivity contribution in [2.75, 3.05) is 19.4 Å². The minimum Gasteiger partial charge on any atom is -0.490 e. The molecule has 0 spiro atoms. The number of nitrogens with one attached hydrogen (secondary N) is 1. The summed E-state index contributed by atoms with van der Waals surface area (Å²) in [4.78, 5) is 22.7. The Balaban J connectivity index is 1.82. The molecule has 1 aliphatic rings. The lowest BCUT2D eigenvalue weighted by molar-refractivity contribution is -0.385. The first kappa shape index (κ1) is 19.5. The highest BCUT2D eigenvalue weighted by Crippen LogP contribution is 2.29. The summed E-state index contributed by atoms with van der Waals surface area (Å²) in [6.45, 7) is 0.605. The van der Waals surface area contributed by atoms with Crippen molar-refractivity contribution in [2.45, 2.75) is 37.5 Å². The third-order valence-corrected chi connectivity index (χ3v) is 5.50. The van der Waals surface area contributed by atoms with Crippen LogP contribution in [0.15, 0.2) is 18.2 Å². The zero-order valence-electron chi connectivity index (χ0n) is 14.4. The summed E-state index contributed by atoms with van der Waals surface area (Å²) in [6.07, 6.45) is 4.37. The minimum absolute atomic E-state index is 0.00152. The summed E-state index contributed by atoms with van der Waals surface area (Å²) in [5.41, 5.74) is 6.52. The van der Waals surface area contributed by atoms with Gasteiger partial charge in [-0.15, -0.1) is 11.8 Å². The monoisotopic (exact) mass is 367 g/mol. The van der Waals surface area contributed by atoms with Gasteiger partial charge in [-0.25, -0.2) is 0 Å². The molecule has 25 heavy (non-hydrogen) atoms. The van der Waals surface area contributed by atoms with Gasteiger partial charge in [0.15, 0.2) is 5.75 Å². The van der Waals surface area contributed by atoms with Crippen molar-refractivity contribution in [3.8, 4) is 5.75 Å². The van der Waals surface area contributed by atoms with Crippen LogP contribution in [0.3, 0.4) is 0 Å². The smallest absolute Gasteiger partial charge is 0.311 e. The number of nitro benzene ring substituents is 1. The Morgan fingerprint density at radius 1 is 1.44 bits per heavy atom. The molecule has 3 N–H and O–H groups in total. The molecule has 1 aliphatic carbocycles. The van der Waals surface area contributed by atoms with E-state index >= 15 is 0 Å². The second-order valence-electron chi connectivity index (χ2n) is 6.21. The highest BCUT2D eigenvalue weighted by Gasteiger charge is 2.25. The maximum absolute atomic E-state index is 12.1. The first-order chi connectivity index (χ1) is 12.0. The van der Waals surface area contributed by atoms with E-state index in [0.717, 1.165) is 24.8 Å². The van der Waals surface area contributed by atoms with Crippen LogP contribution in [-0.2, 0) is 10.5 Å². The lowest BCUT2D eigenvalue weighted by atomic mass is 9.84. The van der Waals surface area contributed by atoms with Crippen LogP contribution in [0.25, 0.3) is 0 Å². The second kappa shape index (κ2) is 9.62. The Morgan fingerprint density at radius 3 is 2.88 bits per heavy atom. The molecule has 0 bridgehead atoms. The molecule has 0 saturated heterocycles. The number of nitrogens with zero attached hydrogens (tertiary/aromatic N) is 1. The van der Waals surface area contributed by atoms with Gasteiger partial charge < -0.3 is 15.8 Å². The van der Waals surface area contributed by atoms with Crippen LogP contribution in [0.4, 0.5) is 5.69 Å². The zero-order chi connectivity index (χ0) is 18.2. The van der Waals surface area contributed by atoms with Crippen LogP contribution in [0, 0.1) is 16.0 Å². The van der Waals surface area contributed by atoms with Crippen molar-refractivity contribution in [3.05, 3.63) is 33.9 Å². The standard InChI is InChI=1S/C17H25N3O4S/c1-24-16-7-6-12(8-15(16)20(22)23)10-25-11-17(21)19-14-5-3-2-4-13(14)9-18/h6-8,13-14H,2-5,9-11,18H2,1H3,(H,19,21). The Kier molecular flexibility index (Phi) is 7.52. The van der Waals surface area contributed by atoms with Crippen LogP contribution in [0.2, 0.25) is 0 Å². The van der Waals surface area contributed by atoms with Gasteiger partial charge in [0, 0.05) is 17.9 Å². The van der Waals surface area contributed by atoms with Crippen LogP contribution in [0.1, 0.15) is 31.2 Å². The number of amides is 1. The number of thioether (sulfide) groups is 1. The lowest BCUT2D eigenvalue weighted by Gasteiger charge is -2.31. The van der Waals surface area contributed by atoms with Crippen molar-refractivity contribution in [2.24, 2.45) is 11.7 Å². The summed E-state index contributed by atoms with van der Waals surface area (Å²) < 4.78 is 4.99. The molecule has 1 amide bonds. The van der Waals surface area contributed by atoms with Gasteiger partial charge in [-0.05, 0) is 36.9 Å². The molecule has 0 aliphatic heterocycles. The van der Waals surface area contributed by atoms with Crippen molar-refractivity contribution in [3.63, 3.8) is 0 Å². The zero-order valence-corrected chi connectivity index (χ0v) is 15.2. The largest absolute Gasteiger partial charge is 0.490 e. The van der Waals surface area contributed by atoms with Crippen molar-refractivity contribution in [1.82, 2.24) is 5.32 Å². The van der Waals surface area contributed by atoms with E-state index < -0.39 is 4.92 Å². The number of ether oxygens (including phenoxy) is 1. The molecule has 8 heteroatoms. The maximum Gasteiger partial charge on any atom is 0.311 e. The average Bonchev–Trinajstić information content (AvgIpc) is 2.62. The topological polar surface area (TPSA) is 107 Å². The number of carbonyl (C=O) groups is 1. The van der Waals surface area contributed by atoms with Crippen molar-refractivity contribution in [1.29, 1.82) is 0 Å². The van der Waals surface area contributed by atoms with Gasteiger partial charge in [-0.1, -0.05) is 18.9 Å². The molecule has 0 aromatic heterocycles. The van der Waals surface area contributed by atoms with Gasteiger partial charge in [0.05, 0.1) is 17.8 Å². The van der Waals surface area contributed by atoms with E-state index in [0.29, 0.717) is 24.0 Å². The molecule has 1 saturated carbocycles. The van der Waals surface area contributed by atoms with Crippen LogP contribution in [-0.4, -0.2) is 36.3 Å². The first-order valence-corrected chi connectivity index (χ1v) is 9.59. The fourth-order valence-electron chi connectivity index (χ4n) is 3.16. The van der Waals surface area contributed by atoms with Crippen molar-refractivity contribution < 1.29 is 14.5 Å². The lowest BCUT2D eigenvalue weighted by Crippen LogP contribution is -2.45. The third kappa shape index (κ3) is 5.61. The average molecular weight is 367 g/mol. The molecular weight excluding hydrogens is 342 g/mol. The fourth-order valence-corrected chi connectivity index (χ4v) is 3.94. The van der Waals surface area contributed by atoms with E-state index in [-0.39, 0.29) is 23.4 Å². The molecule has 0 heterocycles. The Bertz CT molecular complexity index is 612. The SMILES string of the molecule is COc1ccc(CSCC(=O)NC2CCCCC2CN)cc1[N+](=O)[O-].